The van der Waals surface area contributed by atoms with E-state index in [1.54, 1.807) is 6.92 Å². The van der Waals surface area contributed by atoms with E-state index in [1.165, 1.54) is 14.0 Å². The van der Waals surface area contributed by atoms with Crippen LogP contribution in [-0.2, 0) is 38.1 Å². The fourth-order valence-corrected chi connectivity index (χ4v) is 15.1. The molecule has 14 nitrogen and oxygen atoms in total. The lowest BCUT2D eigenvalue weighted by molar-refractivity contribution is -0.156. The number of allylic oxidation sites excluding steroid dienone is 25. The summed E-state index contributed by atoms with van der Waals surface area (Å²) in [5.41, 5.74) is 15.4. The van der Waals surface area contributed by atoms with E-state index < -0.39 is 45.6 Å². The van der Waals surface area contributed by atoms with Crippen LogP contribution < -0.4 is 5.32 Å². The van der Waals surface area contributed by atoms with Crippen molar-refractivity contribution in [1.29, 1.82) is 0 Å². The highest BCUT2D eigenvalue weighted by molar-refractivity contribution is 6.24. The van der Waals surface area contributed by atoms with Crippen LogP contribution in [0.5, 0.6) is 0 Å². The number of hydrogen-bond acceptors (Lipinski definition) is 14. The molecular weight excluding hydrogens is 1140 g/mol. The standard InChI is InChI=1S/C77H92N4O10/c1-19-54-47(7)57-35-59-49(9)56(32-34-65(84)88-18)69(80-59)67-68(71(85)66-50(10)60(81-70(66)67)37-62-55(20-2)48(8)58(79-62)36-61(54)78-57)72(86)90-53-39-74(14,15)77(76(17,41-53)91-77)42-63(83)46(6)30-24-29-44(4)26-22-21-25-43(3)27-23-28-45(5)31-33-64-73(12,13)38-52(89-51(11)82)40-75(64,16)87/h19,21-31,35-37,49,52-53,56,68,80,85,87H,1,20,32,34,38-42H2,2-18H3/b22-21+,27-23+,29-24+,43-25+,44-26+,45-28+,46-30+,59-35?,61-36?,62-37?,69-67?/t33?,49-,52-,53-,56-,68+,75+,76+,77-/m0/s1. The maximum absolute atomic E-state index is 15.3. The third-order valence-electron chi connectivity index (χ3n) is 19.9. The second-order valence-electron chi connectivity index (χ2n) is 27.7. The minimum atomic E-state index is -1.24. The van der Waals surface area contributed by atoms with Gasteiger partial charge in [0, 0.05) is 83.5 Å². The van der Waals surface area contributed by atoms with E-state index in [1.807, 2.05) is 153 Å². The lowest BCUT2D eigenvalue weighted by Gasteiger charge is -2.44. The van der Waals surface area contributed by atoms with E-state index in [0.717, 1.165) is 79.5 Å². The molecule has 9 aliphatic rings. The van der Waals surface area contributed by atoms with Crippen molar-refractivity contribution in [3.8, 4) is 0 Å². The number of nitrogens with zero attached hydrogens (tertiary/aromatic N) is 3. The molecular formula is C77H92N4O10. The molecule has 2 saturated carbocycles. The molecule has 0 aromatic rings. The van der Waals surface area contributed by atoms with Crippen molar-refractivity contribution >= 4 is 40.8 Å². The van der Waals surface area contributed by atoms with Crippen molar-refractivity contribution < 1.29 is 48.3 Å². The zero-order valence-corrected chi connectivity index (χ0v) is 56.4. The summed E-state index contributed by atoms with van der Waals surface area (Å²) in [5.74, 6) is -3.24. The summed E-state index contributed by atoms with van der Waals surface area (Å²) in [6.07, 6.45) is 31.5. The molecule has 8 bridgehead atoms. The van der Waals surface area contributed by atoms with Gasteiger partial charge in [0.25, 0.3) is 0 Å². The van der Waals surface area contributed by atoms with Crippen LogP contribution >= 0.6 is 0 Å². The molecule has 6 heterocycles. The molecule has 0 amide bonds. The summed E-state index contributed by atoms with van der Waals surface area (Å²) in [6, 6.07) is 0. The number of carbonyl (C=O) groups excluding carboxylic acids is 4. The number of Topliss-reactive ketones (excluding diaryl/α,β-unsaturated/α-hetero) is 1. The van der Waals surface area contributed by atoms with E-state index >= 15 is 4.79 Å². The molecule has 4 fully saturated rings. The Bertz CT molecular complexity index is 3840. The SMILES string of the molecule is C=CC1=C(C)C2=NC1=CC1=NC(=CC3=C(C)C4=C(O)[C@H](C(=O)O[C@H]5CC(C)(C)[C@]6(CC(=O)/C(C)=C/C=C/C(C)=C/C=C/C=C(C)/C=C/C=C(\C)C=C=C7C(C)(C)C[C@H](OC(C)=O)C[C@@]7(C)O)O[C@]6(C)C5)C(=C5NC(=C2)[C@@H](C)[C@@H]5CCC(=O)OC)C4=N3)C(CC)=C1C. The van der Waals surface area contributed by atoms with Crippen LogP contribution in [0, 0.1) is 28.6 Å². The van der Waals surface area contributed by atoms with Crippen LogP contribution in [0.3, 0.4) is 0 Å². The average Bonchev–Trinajstić information content (AvgIpc) is 1.51. The van der Waals surface area contributed by atoms with Gasteiger partial charge in [0.2, 0.25) is 0 Å². The summed E-state index contributed by atoms with van der Waals surface area (Å²) < 4.78 is 23.9. The van der Waals surface area contributed by atoms with Crippen molar-refractivity contribution in [1.82, 2.24) is 5.32 Å². The average molecular weight is 1230 g/mol. The Morgan fingerprint density at radius 3 is 2.05 bits per heavy atom. The highest BCUT2D eigenvalue weighted by Crippen LogP contribution is 2.67. The maximum Gasteiger partial charge on any atom is 0.321 e. The maximum atomic E-state index is 15.3. The first-order chi connectivity index (χ1) is 42.8. The van der Waals surface area contributed by atoms with Gasteiger partial charge >= 0.3 is 17.9 Å². The minimum Gasteiger partial charge on any atom is -0.510 e. The van der Waals surface area contributed by atoms with Crippen LogP contribution in [0.25, 0.3) is 0 Å². The Morgan fingerprint density at radius 2 is 1.43 bits per heavy atom. The topological polar surface area (TPSA) is 198 Å². The number of aliphatic imine (C=N–C) groups is 3. The molecule has 3 N–H and O–H groups in total. The van der Waals surface area contributed by atoms with Crippen molar-refractivity contribution in [2.75, 3.05) is 7.11 Å². The Hall–Kier alpha value is -8.03. The lowest BCUT2D eigenvalue weighted by Crippen LogP contribution is -2.49. The molecule has 480 valence electrons. The Labute approximate surface area is 538 Å². The third-order valence-corrected chi connectivity index (χ3v) is 19.9. The fourth-order valence-electron chi connectivity index (χ4n) is 15.1. The predicted molar refractivity (Wildman–Crippen MR) is 360 cm³/mol. The lowest BCUT2D eigenvalue weighted by atomic mass is 9.61. The molecule has 0 aromatic carbocycles. The molecule has 0 spiro atoms. The van der Waals surface area contributed by atoms with Gasteiger partial charge in [-0.15, -0.1) is 5.73 Å². The number of nitrogens with one attached hydrogen (secondary N) is 1. The number of aliphatic hydroxyl groups excluding tert-OH is 1. The molecule has 2 saturated heterocycles. The predicted octanol–water partition coefficient (Wildman–Crippen LogP) is 15.3. The van der Waals surface area contributed by atoms with Gasteiger partial charge in [-0.3, -0.25) is 19.2 Å². The van der Waals surface area contributed by atoms with Crippen LogP contribution in [-0.4, -0.2) is 87.2 Å². The third kappa shape index (κ3) is 13.4. The molecule has 8 atom stereocenters. The van der Waals surface area contributed by atoms with Crippen LogP contribution in [0.15, 0.2) is 220 Å². The summed E-state index contributed by atoms with van der Waals surface area (Å²) in [4.78, 5) is 69.4. The van der Waals surface area contributed by atoms with Gasteiger partial charge in [0.15, 0.2) is 5.78 Å². The summed E-state index contributed by atoms with van der Waals surface area (Å²) in [5, 5.41) is 27.6. The largest absolute Gasteiger partial charge is 0.510 e. The molecule has 6 aliphatic heterocycles. The highest BCUT2D eigenvalue weighted by atomic mass is 16.6. The normalized spacial score (nSPS) is 29.5. The van der Waals surface area contributed by atoms with Crippen LogP contribution in [0.2, 0.25) is 0 Å². The number of carbonyl (C=O) groups is 4. The molecule has 91 heavy (non-hydrogen) atoms. The number of epoxide rings is 1. The summed E-state index contributed by atoms with van der Waals surface area (Å²) >= 11 is 0. The quantitative estimate of drug-likeness (QED) is 0.0295. The van der Waals surface area contributed by atoms with Crippen LogP contribution in [0.1, 0.15) is 162 Å². The summed E-state index contributed by atoms with van der Waals surface area (Å²) in [7, 11) is 1.38. The van der Waals surface area contributed by atoms with E-state index in [0.29, 0.717) is 71.5 Å². The molecule has 0 unspecified atom stereocenters. The van der Waals surface area contributed by atoms with Gasteiger partial charge in [-0.05, 0) is 151 Å². The zero-order chi connectivity index (χ0) is 66.4. The molecule has 0 aromatic heterocycles. The van der Waals surface area contributed by atoms with E-state index in [-0.39, 0.29) is 54.3 Å². The van der Waals surface area contributed by atoms with E-state index in [4.69, 9.17) is 33.9 Å². The van der Waals surface area contributed by atoms with Gasteiger partial charge in [-0.1, -0.05) is 126 Å². The first kappa shape index (κ1) is 67.4. The van der Waals surface area contributed by atoms with Crippen molar-refractivity contribution in [2.45, 2.75) is 191 Å². The first-order valence-electron chi connectivity index (χ1n) is 32.0. The highest BCUT2D eigenvalue weighted by Gasteiger charge is 2.77. The second kappa shape index (κ2) is 25.9. The van der Waals surface area contributed by atoms with Crippen molar-refractivity contribution in [3.05, 3.63) is 205 Å². The van der Waals surface area contributed by atoms with Crippen molar-refractivity contribution in [3.63, 3.8) is 0 Å². The van der Waals surface area contributed by atoms with E-state index in [9.17, 15) is 24.6 Å². The van der Waals surface area contributed by atoms with Gasteiger partial charge in [0.05, 0.1) is 52.5 Å². The number of fused-ring (bicyclic) bond motifs is 6. The second-order valence-corrected chi connectivity index (χ2v) is 27.7. The van der Waals surface area contributed by atoms with E-state index in [2.05, 4.69) is 52.2 Å². The Morgan fingerprint density at radius 1 is 0.791 bits per heavy atom. The van der Waals surface area contributed by atoms with Gasteiger partial charge in [-0.2, -0.15) is 0 Å². The number of hydrogen-bond donors (Lipinski definition) is 3. The number of rotatable bonds is 18. The smallest absolute Gasteiger partial charge is 0.321 e. The van der Waals surface area contributed by atoms with Gasteiger partial charge in [-0.25, -0.2) is 15.0 Å². The molecule has 9 rings (SSSR count). The summed E-state index contributed by atoms with van der Waals surface area (Å²) in [6.45, 7) is 35.6. The zero-order valence-electron chi connectivity index (χ0n) is 56.4. The number of methoxy groups -OCH3 is 1. The molecule has 0 radical (unpaired) electrons. The van der Waals surface area contributed by atoms with Crippen molar-refractivity contribution in [2.24, 2.45) is 43.6 Å². The minimum absolute atomic E-state index is 0.0289. The number of ether oxygens (including phenoxy) is 4. The van der Waals surface area contributed by atoms with Crippen LogP contribution in [0.4, 0.5) is 0 Å². The Balaban J connectivity index is 0.888. The van der Waals surface area contributed by atoms with Gasteiger partial charge < -0.3 is 34.5 Å². The molecule has 14 heteroatoms. The number of ketones is 1. The van der Waals surface area contributed by atoms with Gasteiger partial charge in [0.1, 0.15) is 29.5 Å². The number of aliphatic hydroxyl groups is 2. The Kier molecular flexibility index (Phi) is 19.2. The fraction of sp³-hybridized carbons (Fsp3) is 0.455. The monoisotopic (exact) mass is 1230 g/mol. The number of esters is 3. The first-order valence-corrected chi connectivity index (χ1v) is 32.0. The molecule has 3 aliphatic carbocycles.